The second kappa shape index (κ2) is 9.06. The van der Waals surface area contributed by atoms with Crippen LogP contribution in [0.2, 0.25) is 0 Å². The largest absolute Gasteiger partial charge is 0.480 e. The SMILES string of the molecule is N[C@@H](Cc1ccc(C#Cc2cn([C@H]3C[C@H](O)[C@@H](CO)O3)c(=O)[nH]c2=O)cc1)C(=O)O. The molecule has 1 fully saturated rings. The summed E-state index contributed by atoms with van der Waals surface area (Å²) in [6.07, 6.45) is -1.05. The second-order valence-electron chi connectivity index (χ2n) is 6.92. The third-order valence-corrected chi connectivity index (χ3v) is 4.73. The average molecular weight is 415 g/mol. The van der Waals surface area contributed by atoms with Crippen molar-refractivity contribution in [2.45, 2.75) is 37.3 Å². The monoisotopic (exact) mass is 415 g/mol. The van der Waals surface area contributed by atoms with Gasteiger partial charge in [-0.05, 0) is 24.1 Å². The lowest BCUT2D eigenvalue weighted by molar-refractivity contribution is -0.138. The lowest BCUT2D eigenvalue weighted by atomic mass is 10.0. The fraction of sp³-hybridized carbons (Fsp3) is 0.350. The van der Waals surface area contributed by atoms with Gasteiger partial charge in [0, 0.05) is 18.2 Å². The second-order valence-corrected chi connectivity index (χ2v) is 6.92. The quantitative estimate of drug-likeness (QED) is 0.369. The molecule has 0 amide bonds. The Balaban J connectivity index is 1.81. The first-order valence-corrected chi connectivity index (χ1v) is 9.17. The van der Waals surface area contributed by atoms with Gasteiger partial charge in [0.15, 0.2) is 0 Å². The standard InChI is InChI=1S/C20H21N3O7/c21-14(19(27)28)7-12-3-1-11(2-4-12)5-6-13-9-23(20(29)22-18(13)26)17-8-15(25)16(10-24)30-17/h1-4,9,14-17,24-25H,7-8,10,21H2,(H,27,28)(H,22,26,29)/t14-,15-,16+,17+/m0/s1. The Bertz CT molecular complexity index is 1090. The molecule has 6 N–H and O–H groups in total. The van der Waals surface area contributed by atoms with Gasteiger partial charge in [0.25, 0.3) is 5.56 Å². The number of carboxylic acids is 1. The van der Waals surface area contributed by atoms with E-state index in [2.05, 4.69) is 16.8 Å². The van der Waals surface area contributed by atoms with E-state index in [4.69, 9.17) is 15.6 Å². The summed E-state index contributed by atoms with van der Waals surface area (Å²) in [5.41, 5.74) is 5.47. The van der Waals surface area contributed by atoms with Gasteiger partial charge in [-0.15, -0.1) is 0 Å². The lowest BCUT2D eigenvalue weighted by Gasteiger charge is -2.14. The van der Waals surface area contributed by atoms with E-state index >= 15 is 0 Å². The van der Waals surface area contributed by atoms with Crippen molar-refractivity contribution in [3.8, 4) is 11.8 Å². The molecule has 10 nitrogen and oxygen atoms in total. The molecule has 1 aliphatic heterocycles. The molecule has 1 saturated heterocycles. The van der Waals surface area contributed by atoms with Gasteiger partial charge in [0.05, 0.1) is 12.7 Å². The van der Waals surface area contributed by atoms with Crippen molar-refractivity contribution in [2.75, 3.05) is 6.61 Å². The lowest BCUT2D eigenvalue weighted by Crippen LogP contribution is -2.33. The number of H-pyrrole nitrogens is 1. The third-order valence-electron chi connectivity index (χ3n) is 4.73. The zero-order valence-corrected chi connectivity index (χ0v) is 15.8. The number of hydrogen-bond donors (Lipinski definition) is 5. The fourth-order valence-electron chi connectivity index (χ4n) is 3.04. The van der Waals surface area contributed by atoms with Crippen LogP contribution in [0.3, 0.4) is 0 Å². The van der Waals surface area contributed by atoms with E-state index in [0.29, 0.717) is 5.56 Å². The number of rotatable bonds is 5. The van der Waals surface area contributed by atoms with Gasteiger partial charge in [-0.25, -0.2) is 4.79 Å². The number of aliphatic hydroxyl groups excluding tert-OH is 2. The Morgan fingerprint density at radius 2 is 2.00 bits per heavy atom. The van der Waals surface area contributed by atoms with E-state index in [1.807, 2.05) is 0 Å². The van der Waals surface area contributed by atoms with E-state index in [1.165, 1.54) is 6.20 Å². The molecule has 1 aromatic heterocycles. The zero-order valence-electron chi connectivity index (χ0n) is 15.8. The minimum absolute atomic E-state index is 0.0251. The first-order chi connectivity index (χ1) is 14.3. The molecule has 0 saturated carbocycles. The van der Waals surface area contributed by atoms with Crippen molar-refractivity contribution in [1.82, 2.24) is 9.55 Å². The van der Waals surface area contributed by atoms with Gasteiger partial charge in [-0.2, -0.15) is 0 Å². The first kappa shape index (κ1) is 21.5. The average Bonchev–Trinajstić information content (AvgIpc) is 3.08. The summed E-state index contributed by atoms with van der Waals surface area (Å²) >= 11 is 0. The van der Waals surface area contributed by atoms with Crippen molar-refractivity contribution in [1.29, 1.82) is 0 Å². The van der Waals surface area contributed by atoms with Crippen LogP contribution in [0, 0.1) is 11.8 Å². The van der Waals surface area contributed by atoms with Gasteiger partial charge in [0.1, 0.15) is 23.9 Å². The Kier molecular flexibility index (Phi) is 6.49. The number of carbonyl (C=O) groups is 1. The van der Waals surface area contributed by atoms with Gasteiger partial charge in [-0.1, -0.05) is 24.0 Å². The van der Waals surface area contributed by atoms with E-state index in [1.54, 1.807) is 24.3 Å². The smallest absolute Gasteiger partial charge is 0.330 e. The molecular weight excluding hydrogens is 394 g/mol. The zero-order chi connectivity index (χ0) is 21.8. The van der Waals surface area contributed by atoms with E-state index in [0.717, 1.165) is 10.1 Å². The van der Waals surface area contributed by atoms with Crippen LogP contribution in [0.4, 0.5) is 0 Å². The van der Waals surface area contributed by atoms with Crippen molar-refractivity contribution in [3.05, 3.63) is 68.0 Å². The Labute approximate surface area is 170 Å². The van der Waals surface area contributed by atoms with Gasteiger partial charge in [-0.3, -0.25) is 19.1 Å². The molecule has 3 rings (SSSR count). The molecule has 10 heteroatoms. The van der Waals surface area contributed by atoms with Crippen LogP contribution in [-0.2, 0) is 16.0 Å². The highest BCUT2D eigenvalue weighted by molar-refractivity contribution is 5.73. The normalized spacial score (nSPS) is 21.6. The van der Waals surface area contributed by atoms with Gasteiger partial charge >= 0.3 is 11.7 Å². The molecule has 1 aliphatic rings. The first-order valence-electron chi connectivity index (χ1n) is 9.17. The summed E-state index contributed by atoms with van der Waals surface area (Å²) in [7, 11) is 0. The number of nitrogens with zero attached hydrogens (tertiary/aromatic N) is 1. The number of aliphatic carboxylic acids is 1. The Morgan fingerprint density at radius 3 is 2.60 bits per heavy atom. The summed E-state index contributed by atoms with van der Waals surface area (Å²) < 4.78 is 6.58. The third kappa shape index (κ3) is 4.84. The summed E-state index contributed by atoms with van der Waals surface area (Å²) in [5, 5.41) is 27.9. The maximum absolute atomic E-state index is 12.1. The Hall–Kier alpha value is -3.23. The van der Waals surface area contributed by atoms with Crippen molar-refractivity contribution in [2.24, 2.45) is 5.73 Å². The van der Waals surface area contributed by atoms with Crippen LogP contribution in [0.15, 0.2) is 40.1 Å². The molecule has 0 spiro atoms. The molecule has 4 atom stereocenters. The molecule has 1 aromatic carbocycles. The number of aromatic nitrogens is 2. The highest BCUT2D eigenvalue weighted by Gasteiger charge is 2.35. The number of carboxylic acid groups (broad SMARTS) is 1. The van der Waals surface area contributed by atoms with Crippen LogP contribution in [0.1, 0.15) is 29.3 Å². The van der Waals surface area contributed by atoms with E-state index < -0.39 is 48.3 Å². The van der Waals surface area contributed by atoms with Crippen molar-refractivity contribution < 1.29 is 24.9 Å². The summed E-state index contributed by atoms with van der Waals surface area (Å²) in [6.45, 7) is -0.393. The maximum atomic E-state index is 12.1. The minimum Gasteiger partial charge on any atom is -0.480 e. The van der Waals surface area contributed by atoms with Crippen LogP contribution >= 0.6 is 0 Å². The van der Waals surface area contributed by atoms with Crippen molar-refractivity contribution >= 4 is 5.97 Å². The van der Waals surface area contributed by atoms with Gasteiger partial charge in [0.2, 0.25) is 0 Å². The summed E-state index contributed by atoms with van der Waals surface area (Å²) in [6, 6.07) is 5.73. The van der Waals surface area contributed by atoms with Crippen LogP contribution in [-0.4, -0.2) is 55.7 Å². The van der Waals surface area contributed by atoms with Crippen LogP contribution in [0.25, 0.3) is 0 Å². The Morgan fingerprint density at radius 1 is 1.30 bits per heavy atom. The highest BCUT2D eigenvalue weighted by Crippen LogP contribution is 2.27. The van der Waals surface area contributed by atoms with Crippen LogP contribution < -0.4 is 17.0 Å². The number of ether oxygens (including phenoxy) is 1. The van der Waals surface area contributed by atoms with Crippen LogP contribution in [0.5, 0.6) is 0 Å². The molecule has 0 radical (unpaired) electrons. The minimum atomic E-state index is -1.09. The van der Waals surface area contributed by atoms with Gasteiger partial charge < -0.3 is 25.8 Å². The predicted molar refractivity (Wildman–Crippen MR) is 105 cm³/mol. The topological polar surface area (TPSA) is 168 Å². The maximum Gasteiger partial charge on any atom is 0.330 e. The molecular formula is C20H21N3O7. The predicted octanol–water partition coefficient (Wildman–Crippen LogP) is -1.47. The number of nitrogens with two attached hydrogens (primary N) is 1. The molecule has 0 bridgehead atoms. The van der Waals surface area contributed by atoms with E-state index in [-0.39, 0.29) is 18.4 Å². The summed E-state index contributed by atoms with van der Waals surface area (Å²) in [4.78, 5) is 37.2. The number of nitrogens with one attached hydrogen (secondary N) is 1. The molecule has 0 unspecified atom stereocenters. The molecule has 2 heterocycles. The number of benzene rings is 1. The molecule has 2 aromatic rings. The number of aromatic amines is 1. The number of aliphatic hydroxyl groups is 2. The molecule has 0 aliphatic carbocycles. The highest BCUT2D eigenvalue weighted by atomic mass is 16.5. The summed E-state index contributed by atoms with van der Waals surface area (Å²) in [5.74, 6) is 4.42. The molecule has 30 heavy (non-hydrogen) atoms. The number of hydrogen-bond acceptors (Lipinski definition) is 7. The van der Waals surface area contributed by atoms with E-state index in [9.17, 15) is 24.6 Å². The fourth-order valence-corrected chi connectivity index (χ4v) is 3.04. The van der Waals surface area contributed by atoms with Crippen molar-refractivity contribution in [3.63, 3.8) is 0 Å². The molecule has 158 valence electrons.